The van der Waals surface area contributed by atoms with Gasteiger partial charge in [-0.3, -0.25) is 4.79 Å². The molecule has 0 aliphatic carbocycles. The number of benzene rings is 1. The monoisotopic (exact) mass is 363 g/mol. The smallest absolute Gasteiger partial charge is 0.230 e. The van der Waals surface area contributed by atoms with Crippen molar-refractivity contribution < 1.29 is 14.3 Å². The Bertz CT molecular complexity index is 743. The van der Waals surface area contributed by atoms with Gasteiger partial charge in [-0.05, 0) is 43.3 Å². The molecule has 0 bridgehead atoms. The summed E-state index contributed by atoms with van der Waals surface area (Å²) in [4.78, 5) is 12.1. The molecule has 0 radical (unpaired) electrons. The summed E-state index contributed by atoms with van der Waals surface area (Å²) >= 11 is 1.31. The second-order valence-electron chi connectivity index (χ2n) is 6.63. The topological polar surface area (TPSA) is 91.2 Å². The predicted octanol–water partition coefficient (Wildman–Crippen LogP) is 1.48. The van der Waals surface area contributed by atoms with Crippen LogP contribution in [-0.2, 0) is 10.3 Å². The molecule has 0 fully saturated rings. The second-order valence-corrected chi connectivity index (χ2v) is 7.58. The fraction of sp³-hybridized carbons (Fsp3) is 0.500. The molecule has 0 spiro atoms. The molecule has 3 rings (SSSR count). The van der Waals surface area contributed by atoms with E-state index in [9.17, 15) is 4.79 Å². The molecule has 1 aromatic heterocycles. The van der Waals surface area contributed by atoms with Crippen LogP contribution in [0.3, 0.4) is 0 Å². The number of fused-ring (bicyclic) bond motifs is 1. The Morgan fingerprint density at radius 3 is 2.88 bits per heavy atom. The van der Waals surface area contributed by atoms with Gasteiger partial charge >= 0.3 is 0 Å². The van der Waals surface area contributed by atoms with Gasteiger partial charge in [0.15, 0.2) is 11.5 Å². The number of carbonyl (C=O) groups is 1. The largest absolute Gasteiger partial charge is 0.486 e. The van der Waals surface area contributed by atoms with Crippen LogP contribution in [0.1, 0.15) is 20.8 Å². The van der Waals surface area contributed by atoms with Gasteiger partial charge in [0.1, 0.15) is 12.7 Å². The maximum absolute atomic E-state index is 12.1. The van der Waals surface area contributed by atoms with E-state index in [1.807, 2.05) is 45.0 Å². The maximum Gasteiger partial charge on any atom is 0.230 e. The summed E-state index contributed by atoms with van der Waals surface area (Å²) in [7, 11) is 0. The Kier molecular flexibility index (Phi) is 5.12. The van der Waals surface area contributed by atoms with Crippen LogP contribution < -0.4 is 14.8 Å². The summed E-state index contributed by atoms with van der Waals surface area (Å²) in [6.07, 6.45) is -0.205. The van der Waals surface area contributed by atoms with Crippen molar-refractivity contribution in [2.45, 2.75) is 37.6 Å². The molecule has 1 aromatic carbocycles. The molecule has 1 amide bonds. The zero-order valence-corrected chi connectivity index (χ0v) is 15.2. The first-order valence-corrected chi connectivity index (χ1v) is 8.99. The number of ether oxygens (including phenoxy) is 2. The lowest BCUT2D eigenvalue weighted by molar-refractivity contribution is -0.119. The number of nitrogens with zero attached hydrogens (tertiary/aromatic N) is 4. The summed E-state index contributed by atoms with van der Waals surface area (Å²) in [6.45, 7) is 6.81. The highest BCUT2D eigenvalue weighted by Crippen LogP contribution is 2.30. The Balaban J connectivity index is 1.46. The first kappa shape index (κ1) is 17.5. The minimum atomic E-state index is -0.233. The third kappa shape index (κ3) is 4.41. The van der Waals surface area contributed by atoms with Crippen LogP contribution in [0.2, 0.25) is 0 Å². The Hall–Kier alpha value is -2.29. The lowest BCUT2D eigenvalue weighted by atomic mass is 10.1. The van der Waals surface area contributed by atoms with Crippen molar-refractivity contribution in [1.29, 1.82) is 0 Å². The van der Waals surface area contributed by atoms with Crippen LogP contribution >= 0.6 is 11.8 Å². The molecular formula is C16H21N5O3S. The minimum Gasteiger partial charge on any atom is -0.486 e. The number of aromatic nitrogens is 4. The molecule has 9 heteroatoms. The van der Waals surface area contributed by atoms with E-state index in [0.717, 1.165) is 5.75 Å². The number of rotatable bonds is 5. The lowest BCUT2D eigenvalue weighted by Gasteiger charge is -2.26. The predicted molar refractivity (Wildman–Crippen MR) is 92.9 cm³/mol. The van der Waals surface area contributed by atoms with E-state index in [0.29, 0.717) is 24.1 Å². The highest BCUT2D eigenvalue weighted by molar-refractivity contribution is 7.99. The second kappa shape index (κ2) is 7.30. The summed E-state index contributed by atoms with van der Waals surface area (Å²) in [5.41, 5.74) is -0.233. The number of carbonyl (C=O) groups excluding carboxylic acids is 1. The average molecular weight is 363 g/mol. The molecule has 134 valence electrons. The number of hydrogen-bond donors (Lipinski definition) is 1. The van der Waals surface area contributed by atoms with E-state index >= 15 is 0 Å². The van der Waals surface area contributed by atoms with Gasteiger partial charge in [0.2, 0.25) is 11.1 Å². The standard InChI is InChI=1S/C16H21N5O3S/c1-16(2,3)21-15(18-19-20-21)25-10-14(22)17-8-11-9-23-12-6-4-5-7-13(12)24-11/h4-7,11H,8-10H2,1-3H3,(H,17,22)/t11-/m0/s1. The summed E-state index contributed by atoms with van der Waals surface area (Å²) in [6, 6.07) is 7.50. The third-order valence-corrected chi connectivity index (χ3v) is 4.42. The van der Waals surface area contributed by atoms with Crippen LogP contribution in [0.4, 0.5) is 0 Å². The molecule has 8 nitrogen and oxygen atoms in total. The van der Waals surface area contributed by atoms with Gasteiger partial charge in [-0.2, -0.15) is 0 Å². The van der Waals surface area contributed by atoms with Crippen LogP contribution in [0, 0.1) is 0 Å². The van der Waals surface area contributed by atoms with Gasteiger partial charge in [-0.15, -0.1) is 5.10 Å². The van der Waals surface area contributed by atoms with Crippen molar-refractivity contribution in [2.24, 2.45) is 0 Å². The number of tetrazole rings is 1. The van der Waals surface area contributed by atoms with Gasteiger partial charge in [0, 0.05) is 0 Å². The zero-order valence-electron chi connectivity index (χ0n) is 14.4. The van der Waals surface area contributed by atoms with E-state index in [1.54, 1.807) is 4.68 Å². The number of hydrogen-bond acceptors (Lipinski definition) is 7. The normalized spacial score (nSPS) is 16.5. The Morgan fingerprint density at radius 2 is 2.12 bits per heavy atom. The Labute approximate surface area is 150 Å². The first-order valence-electron chi connectivity index (χ1n) is 8.00. The Morgan fingerprint density at radius 1 is 1.36 bits per heavy atom. The first-order chi connectivity index (χ1) is 11.9. The quantitative estimate of drug-likeness (QED) is 0.805. The maximum atomic E-state index is 12.1. The van der Waals surface area contributed by atoms with Gasteiger partial charge in [0.05, 0.1) is 17.8 Å². The highest BCUT2D eigenvalue weighted by Gasteiger charge is 2.22. The molecule has 2 heterocycles. The fourth-order valence-corrected chi connectivity index (χ4v) is 3.15. The molecule has 0 saturated carbocycles. The van der Waals surface area contributed by atoms with Crippen LogP contribution in [0.15, 0.2) is 29.4 Å². The average Bonchev–Trinajstić information content (AvgIpc) is 3.07. The van der Waals surface area contributed by atoms with Crippen molar-refractivity contribution in [3.8, 4) is 11.5 Å². The summed E-state index contributed by atoms with van der Waals surface area (Å²) in [5.74, 6) is 1.57. The number of nitrogens with one attached hydrogen (secondary N) is 1. The van der Waals surface area contributed by atoms with Gasteiger partial charge < -0.3 is 14.8 Å². The molecule has 1 atom stereocenters. The van der Waals surface area contributed by atoms with Crippen molar-refractivity contribution in [3.05, 3.63) is 24.3 Å². The number of para-hydroxylation sites is 2. The van der Waals surface area contributed by atoms with E-state index in [2.05, 4.69) is 20.8 Å². The van der Waals surface area contributed by atoms with Crippen LogP contribution in [-0.4, -0.2) is 51.1 Å². The molecular weight excluding hydrogens is 342 g/mol. The van der Waals surface area contributed by atoms with E-state index in [1.165, 1.54) is 11.8 Å². The van der Waals surface area contributed by atoms with Crippen molar-refractivity contribution in [2.75, 3.05) is 18.9 Å². The summed E-state index contributed by atoms with van der Waals surface area (Å²) in [5, 5.41) is 15.1. The molecule has 1 aliphatic rings. The minimum absolute atomic E-state index is 0.101. The van der Waals surface area contributed by atoms with Gasteiger partial charge in [-0.25, -0.2) is 4.68 Å². The lowest BCUT2D eigenvalue weighted by Crippen LogP contribution is -2.41. The zero-order chi connectivity index (χ0) is 17.9. The highest BCUT2D eigenvalue weighted by atomic mass is 32.2. The molecule has 1 N–H and O–H groups in total. The molecule has 25 heavy (non-hydrogen) atoms. The summed E-state index contributed by atoms with van der Waals surface area (Å²) < 4.78 is 13.2. The van der Waals surface area contributed by atoms with Crippen LogP contribution in [0.25, 0.3) is 0 Å². The number of thioether (sulfide) groups is 1. The third-order valence-electron chi connectivity index (χ3n) is 3.50. The fourth-order valence-electron chi connectivity index (χ4n) is 2.26. The van der Waals surface area contributed by atoms with E-state index in [-0.39, 0.29) is 23.3 Å². The van der Waals surface area contributed by atoms with Crippen LogP contribution in [0.5, 0.6) is 11.5 Å². The molecule has 2 aromatic rings. The number of amides is 1. The molecule has 1 aliphatic heterocycles. The van der Waals surface area contributed by atoms with Crippen molar-refractivity contribution in [3.63, 3.8) is 0 Å². The van der Waals surface area contributed by atoms with Crippen molar-refractivity contribution in [1.82, 2.24) is 25.5 Å². The van der Waals surface area contributed by atoms with E-state index in [4.69, 9.17) is 9.47 Å². The van der Waals surface area contributed by atoms with Gasteiger partial charge in [-0.1, -0.05) is 23.9 Å². The van der Waals surface area contributed by atoms with Crippen molar-refractivity contribution >= 4 is 17.7 Å². The van der Waals surface area contributed by atoms with E-state index < -0.39 is 0 Å². The SMILES string of the molecule is CC(C)(C)n1nnnc1SCC(=O)NC[C@H]1COc2ccccc2O1. The molecule has 0 saturated heterocycles. The molecule has 0 unspecified atom stereocenters. The van der Waals surface area contributed by atoms with Gasteiger partial charge in [0.25, 0.3) is 0 Å².